The number of carbonyl (C=O) groups is 2. The van der Waals surface area contributed by atoms with Gasteiger partial charge in [0, 0.05) is 6.42 Å². The van der Waals surface area contributed by atoms with Crippen molar-refractivity contribution in [3.8, 4) is 0 Å². The van der Waals surface area contributed by atoms with Crippen molar-refractivity contribution >= 4 is 11.9 Å². The quantitative estimate of drug-likeness (QED) is 0.0195. The number of rotatable bonds is 50. The van der Waals surface area contributed by atoms with Gasteiger partial charge in [0.05, 0.1) is 25.4 Å². The number of allylic oxidation sites excluding steroid dienone is 13. The molecule has 1 aliphatic rings. The highest BCUT2D eigenvalue weighted by molar-refractivity contribution is 5.80. The maximum atomic E-state index is 13.4. The highest BCUT2D eigenvalue weighted by Gasteiger charge is 2.47. The van der Waals surface area contributed by atoms with Gasteiger partial charge in [0.25, 0.3) is 0 Å². The number of hydrogen-bond donors (Lipinski definition) is 6. The van der Waals surface area contributed by atoms with Crippen molar-refractivity contribution in [1.29, 1.82) is 0 Å². The van der Waals surface area contributed by atoms with Crippen molar-refractivity contribution in [2.75, 3.05) is 13.2 Å². The average Bonchev–Trinajstić information content (AvgIpc) is 3.41. The van der Waals surface area contributed by atoms with Crippen LogP contribution < -0.4 is 5.32 Å². The van der Waals surface area contributed by atoms with Crippen molar-refractivity contribution < 1.29 is 49.3 Å². The lowest BCUT2D eigenvalue weighted by molar-refractivity contribution is -0.305. The van der Waals surface area contributed by atoms with Crippen LogP contribution in [-0.4, -0.2) is 99.6 Å². The Labute approximate surface area is 457 Å². The Morgan fingerprint density at radius 1 is 0.533 bits per heavy atom. The summed E-state index contributed by atoms with van der Waals surface area (Å²) in [5.41, 5.74) is 0. The van der Waals surface area contributed by atoms with Crippen LogP contribution in [0.4, 0.5) is 0 Å². The van der Waals surface area contributed by atoms with Crippen molar-refractivity contribution in [3.63, 3.8) is 0 Å². The largest absolute Gasteiger partial charge is 0.454 e. The Morgan fingerprint density at radius 3 is 1.45 bits per heavy atom. The number of esters is 1. The van der Waals surface area contributed by atoms with E-state index in [0.717, 1.165) is 83.5 Å². The molecule has 1 saturated heterocycles. The normalized spacial score (nSPS) is 19.8. The summed E-state index contributed by atoms with van der Waals surface area (Å²) in [5.74, 6) is -1.26. The first-order valence-electron chi connectivity index (χ1n) is 30.4. The zero-order chi connectivity index (χ0) is 54.7. The summed E-state index contributed by atoms with van der Waals surface area (Å²) in [7, 11) is 0. The van der Waals surface area contributed by atoms with Gasteiger partial charge in [-0.15, -0.1) is 0 Å². The van der Waals surface area contributed by atoms with Crippen LogP contribution in [0.25, 0.3) is 0 Å². The van der Waals surface area contributed by atoms with Crippen molar-refractivity contribution in [2.24, 2.45) is 0 Å². The molecule has 0 aliphatic carbocycles. The molecule has 1 aliphatic heterocycles. The average molecular weight is 1050 g/mol. The van der Waals surface area contributed by atoms with Crippen LogP contribution in [0.5, 0.6) is 0 Å². The topological polar surface area (TPSA) is 175 Å². The molecule has 432 valence electrons. The molecule has 1 heterocycles. The van der Waals surface area contributed by atoms with Crippen LogP contribution in [0.1, 0.15) is 245 Å². The summed E-state index contributed by atoms with van der Waals surface area (Å²) < 4.78 is 17.5. The first-order chi connectivity index (χ1) is 36.7. The van der Waals surface area contributed by atoms with Gasteiger partial charge in [0.1, 0.15) is 24.4 Å². The highest BCUT2D eigenvalue weighted by Crippen LogP contribution is 2.26. The number of carbonyl (C=O) groups excluding carboxylic acids is 2. The zero-order valence-electron chi connectivity index (χ0n) is 47.6. The molecule has 0 aromatic carbocycles. The third-order valence-electron chi connectivity index (χ3n) is 13.8. The summed E-state index contributed by atoms with van der Waals surface area (Å²) in [6.07, 6.45) is 56.2. The lowest BCUT2D eigenvalue weighted by atomic mass is 9.99. The first-order valence-corrected chi connectivity index (χ1v) is 30.4. The van der Waals surface area contributed by atoms with Crippen LogP contribution in [0.15, 0.2) is 85.1 Å². The smallest absolute Gasteiger partial charge is 0.306 e. The SMILES string of the molecule is CC/C=C\C/C=C\C/C=C\C/C=C\C/C=C\CCCC(=O)OC1C(OCC(NC(=O)C(O)CCCCCCCC/C=C/CCCCCCCC)C(O)/C=C/CCCCCCCCCCCCC)OC(CO)C(O)C1O. The number of ether oxygens (including phenoxy) is 3. The van der Waals surface area contributed by atoms with Gasteiger partial charge < -0.3 is 45.1 Å². The third-order valence-corrected chi connectivity index (χ3v) is 13.8. The number of unbranched alkanes of at least 4 members (excludes halogenated alkanes) is 24. The summed E-state index contributed by atoms with van der Waals surface area (Å²) in [5, 5.41) is 56.9. The minimum Gasteiger partial charge on any atom is -0.454 e. The summed E-state index contributed by atoms with van der Waals surface area (Å²) >= 11 is 0. The number of aliphatic hydroxyl groups is 5. The fraction of sp³-hybridized carbons (Fsp3) is 0.750. The number of aliphatic hydroxyl groups excluding tert-OH is 5. The molecule has 6 N–H and O–H groups in total. The van der Waals surface area contributed by atoms with E-state index in [1.54, 1.807) is 6.08 Å². The van der Waals surface area contributed by atoms with Gasteiger partial charge in [0.2, 0.25) is 5.91 Å². The Balaban J connectivity index is 2.76. The molecule has 11 heteroatoms. The van der Waals surface area contributed by atoms with Gasteiger partial charge in [-0.05, 0) is 89.9 Å². The highest BCUT2D eigenvalue weighted by atomic mass is 16.7. The summed E-state index contributed by atoms with van der Waals surface area (Å²) in [6, 6.07) is -1.04. The number of amides is 1. The minimum atomic E-state index is -1.64. The molecule has 11 nitrogen and oxygen atoms in total. The summed E-state index contributed by atoms with van der Waals surface area (Å²) in [6.45, 7) is 5.63. The Morgan fingerprint density at radius 2 is 0.960 bits per heavy atom. The molecule has 0 spiro atoms. The second-order valence-corrected chi connectivity index (χ2v) is 20.7. The van der Waals surface area contributed by atoms with E-state index in [9.17, 15) is 35.1 Å². The van der Waals surface area contributed by atoms with Crippen molar-refractivity contribution in [3.05, 3.63) is 85.1 Å². The van der Waals surface area contributed by atoms with E-state index in [2.05, 4.69) is 86.8 Å². The molecular formula is C64H111NO10. The monoisotopic (exact) mass is 1050 g/mol. The minimum absolute atomic E-state index is 0.0416. The van der Waals surface area contributed by atoms with E-state index >= 15 is 0 Å². The van der Waals surface area contributed by atoms with Gasteiger partial charge in [0.15, 0.2) is 12.4 Å². The van der Waals surface area contributed by atoms with Crippen molar-refractivity contribution in [1.82, 2.24) is 5.32 Å². The Kier molecular flexibility index (Phi) is 48.0. The molecule has 8 atom stereocenters. The van der Waals surface area contributed by atoms with E-state index in [-0.39, 0.29) is 19.4 Å². The van der Waals surface area contributed by atoms with Crippen molar-refractivity contribution in [2.45, 2.75) is 294 Å². The van der Waals surface area contributed by atoms with Gasteiger partial charge in [-0.2, -0.15) is 0 Å². The summed E-state index contributed by atoms with van der Waals surface area (Å²) in [4.78, 5) is 26.5. The van der Waals surface area contributed by atoms with E-state index in [4.69, 9.17) is 14.2 Å². The lowest BCUT2D eigenvalue weighted by Crippen LogP contribution is -2.61. The molecule has 0 aromatic heterocycles. The number of nitrogens with one attached hydrogen (secondary N) is 1. The second kappa shape index (κ2) is 51.6. The van der Waals surface area contributed by atoms with Gasteiger partial charge in [-0.1, -0.05) is 234 Å². The van der Waals surface area contributed by atoms with E-state index in [1.165, 1.54) is 109 Å². The van der Waals surface area contributed by atoms with Gasteiger partial charge in [-0.25, -0.2) is 0 Å². The van der Waals surface area contributed by atoms with Crippen LogP contribution in [0, 0.1) is 0 Å². The molecule has 1 fully saturated rings. The van der Waals surface area contributed by atoms with Gasteiger partial charge in [-0.3, -0.25) is 9.59 Å². The van der Waals surface area contributed by atoms with Crippen LogP contribution in [0.2, 0.25) is 0 Å². The third kappa shape index (κ3) is 39.8. The Bertz CT molecular complexity index is 1540. The molecular weight excluding hydrogens is 943 g/mol. The van der Waals surface area contributed by atoms with Gasteiger partial charge >= 0.3 is 5.97 Å². The molecule has 8 unspecified atom stereocenters. The molecule has 75 heavy (non-hydrogen) atoms. The molecule has 0 bridgehead atoms. The maximum absolute atomic E-state index is 13.4. The molecule has 0 radical (unpaired) electrons. The molecule has 0 saturated carbocycles. The maximum Gasteiger partial charge on any atom is 0.306 e. The molecule has 0 aromatic rings. The van der Waals surface area contributed by atoms with E-state index in [0.29, 0.717) is 19.3 Å². The fourth-order valence-corrected chi connectivity index (χ4v) is 8.97. The zero-order valence-corrected chi connectivity index (χ0v) is 47.6. The fourth-order valence-electron chi connectivity index (χ4n) is 8.97. The molecule has 1 rings (SSSR count). The lowest BCUT2D eigenvalue weighted by Gasteiger charge is -2.41. The first kappa shape index (κ1) is 69.9. The second-order valence-electron chi connectivity index (χ2n) is 20.7. The number of hydrogen-bond acceptors (Lipinski definition) is 10. The predicted molar refractivity (Wildman–Crippen MR) is 310 cm³/mol. The Hall–Kier alpha value is -3.16. The van der Waals surface area contributed by atoms with Crippen LogP contribution in [-0.2, 0) is 23.8 Å². The molecule has 1 amide bonds. The van der Waals surface area contributed by atoms with Crippen LogP contribution >= 0.6 is 0 Å². The van der Waals surface area contributed by atoms with E-state index < -0.39 is 67.4 Å². The van der Waals surface area contributed by atoms with Crippen LogP contribution in [0.3, 0.4) is 0 Å². The standard InChI is InChI=1S/C64H111NO10/c1-4-7-10-13-16-19-22-25-27-29-31-34-37-40-43-46-49-52-59(69)75-62-61(71)60(70)58(53-66)74-64(62)73-54-55(56(67)50-47-44-41-38-35-32-24-21-18-15-12-9-6-3)65-63(72)57(68)51-48-45-42-39-36-33-30-28-26-23-20-17-14-11-8-5-2/h7,10,16,19,25-28,31,34,40,43,47,50,55-58,60-62,64,66-68,70-71H,4-6,8-9,11-15,17-18,20-24,29-30,32-33,35-39,41-42,44-46,48-49,51-54H2,1-3H3,(H,65,72)/b10-7-,19-16-,27-25-,28-26+,34-31-,43-40-,50-47+. The van der Waals surface area contributed by atoms with E-state index in [1.807, 2.05) is 18.2 Å². The predicted octanol–water partition coefficient (Wildman–Crippen LogP) is 14.2.